The van der Waals surface area contributed by atoms with Crippen LogP contribution < -0.4 is 4.74 Å². The minimum absolute atomic E-state index is 0.434. The Bertz CT molecular complexity index is 517. The lowest BCUT2D eigenvalue weighted by Crippen LogP contribution is -1.94. The van der Waals surface area contributed by atoms with E-state index in [1.165, 1.54) is 0 Å². The molecule has 0 aliphatic heterocycles. The summed E-state index contributed by atoms with van der Waals surface area (Å²) in [6.45, 7) is 1.69. The molecule has 5 heteroatoms. The molecule has 88 valence electrons. The van der Waals surface area contributed by atoms with E-state index >= 15 is 0 Å². The summed E-state index contributed by atoms with van der Waals surface area (Å²) in [7, 11) is 0. The summed E-state index contributed by atoms with van der Waals surface area (Å²) in [6.07, 6.45) is 4.33. The average Bonchev–Trinajstić information content (AvgIpc) is 2.29. The lowest BCUT2D eigenvalue weighted by molar-refractivity contribution is 0.198. The Hall–Kier alpha value is -1.46. The second-order valence-electron chi connectivity index (χ2n) is 3.54. The molecule has 0 unspecified atom stereocenters. The van der Waals surface area contributed by atoms with Gasteiger partial charge in [-0.3, -0.25) is 4.98 Å². The van der Waals surface area contributed by atoms with E-state index in [1.807, 2.05) is 0 Å². The zero-order valence-corrected chi connectivity index (χ0v) is 10.8. The first-order valence-corrected chi connectivity index (χ1v) is 5.87. The lowest BCUT2D eigenvalue weighted by Gasteiger charge is -2.08. The van der Waals surface area contributed by atoms with Gasteiger partial charge < -0.3 is 9.84 Å². The first-order chi connectivity index (χ1) is 8.15. The van der Waals surface area contributed by atoms with Crippen LogP contribution in [0.4, 0.5) is 0 Å². The smallest absolute Gasteiger partial charge is 0.219 e. The van der Waals surface area contributed by atoms with Crippen LogP contribution in [0.5, 0.6) is 11.6 Å². The van der Waals surface area contributed by atoms with Crippen molar-refractivity contribution in [3.63, 3.8) is 0 Å². The van der Waals surface area contributed by atoms with E-state index in [9.17, 15) is 5.11 Å². The van der Waals surface area contributed by atoms with Crippen molar-refractivity contribution in [3.8, 4) is 11.6 Å². The summed E-state index contributed by atoms with van der Waals surface area (Å²) in [5.74, 6) is 1.03. The van der Waals surface area contributed by atoms with Gasteiger partial charge in [0.05, 0.1) is 12.3 Å². The van der Waals surface area contributed by atoms with Gasteiger partial charge in [-0.25, -0.2) is 4.98 Å². The average molecular weight is 295 g/mol. The molecule has 2 aromatic heterocycles. The molecule has 0 amide bonds. The molecule has 2 heterocycles. The third-order valence-electron chi connectivity index (χ3n) is 2.14. The maximum atomic E-state index is 9.46. The molecule has 0 bridgehead atoms. The predicted molar refractivity (Wildman–Crippen MR) is 66.9 cm³/mol. The molecular formula is C12H11BrN2O2. The zero-order valence-electron chi connectivity index (χ0n) is 9.17. The molecule has 0 fully saturated rings. The minimum Gasteiger partial charge on any atom is -0.437 e. The highest BCUT2D eigenvalue weighted by Crippen LogP contribution is 2.23. The van der Waals surface area contributed by atoms with Gasteiger partial charge in [-0.05, 0) is 40.5 Å². The number of halogens is 1. The summed E-state index contributed by atoms with van der Waals surface area (Å²) in [5, 5.41) is 9.46. The van der Waals surface area contributed by atoms with Gasteiger partial charge in [-0.2, -0.15) is 0 Å². The number of ether oxygens (including phenoxy) is 1. The highest BCUT2D eigenvalue weighted by molar-refractivity contribution is 9.10. The summed E-state index contributed by atoms with van der Waals surface area (Å²) >= 11 is 3.31. The maximum absolute atomic E-state index is 9.46. The van der Waals surface area contributed by atoms with Crippen molar-refractivity contribution in [1.29, 1.82) is 0 Å². The monoisotopic (exact) mass is 294 g/mol. The Morgan fingerprint density at radius 1 is 1.35 bits per heavy atom. The van der Waals surface area contributed by atoms with E-state index in [-0.39, 0.29) is 0 Å². The third-order valence-corrected chi connectivity index (χ3v) is 2.58. The summed E-state index contributed by atoms with van der Waals surface area (Å²) in [6, 6.07) is 5.24. The molecule has 1 atom stereocenters. The molecule has 1 N–H and O–H groups in total. The number of pyridine rings is 2. The standard InChI is InChI=1S/C12H11BrN2O2/c1-8(16)9-2-3-15-12(4-9)17-11-5-10(13)6-14-7-11/h2-8,16H,1H3/t8-/m0/s1. The van der Waals surface area contributed by atoms with Crippen LogP contribution in [0, 0.1) is 0 Å². The summed E-state index contributed by atoms with van der Waals surface area (Å²) < 4.78 is 6.37. The van der Waals surface area contributed by atoms with Crippen LogP contribution in [0.3, 0.4) is 0 Å². The fourth-order valence-electron chi connectivity index (χ4n) is 1.31. The Kier molecular flexibility index (Phi) is 3.71. The molecule has 0 aliphatic carbocycles. The zero-order chi connectivity index (χ0) is 12.3. The van der Waals surface area contributed by atoms with E-state index in [0.29, 0.717) is 11.6 Å². The van der Waals surface area contributed by atoms with Crippen LogP contribution in [0.2, 0.25) is 0 Å². The van der Waals surface area contributed by atoms with Crippen molar-refractivity contribution in [1.82, 2.24) is 9.97 Å². The van der Waals surface area contributed by atoms with Crippen LogP contribution in [0.25, 0.3) is 0 Å². The van der Waals surface area contributed by atoms with Crippen LogP contribution in [0.15, 0.2) is 41.3 Å². The number of hydrogen-bond acceptors (Lipinski definition) is 4. The highest BCUT2D eigenvalue weighted by Gasteiger charge is 2.04. The molecule has 0 saturated carbocycles. The quantitative estimate of drug-likeness (QED) is 0.945. The van der Waals surface area contributed by atoms with Crippen molar-refractivity contribution in [2.45, 2.75) is 13.0 Å². The molecule has 4 nitrogen and oxygen atoms in total. The van der Waals surface area contributed by atoms with E-state index < -0.39 is 6.10 Å². The van der Waals surface area contributed by atoms with Crippen molar-refractivity contribution in [2.75, 3.05) is 0 Å². The Balaban J connectivity index is 2.21. The summed E-state index contributed by atoms with van der Waals surface area (Å²) in [4.78, 5) is 8.06. The number of aliphatic hydroxyl groups is 1. The number of nitrogens with zero attached hydrogens (tertiary/aromatic N) is 2. The third kappa shape index (κ3) is 3.25. The largest absolute Gasteiger partial charge is 0.437 e. The number of aliphatic hydroxyl groups excluding tert-OH is 1. The first kappa shape index (κ1) is 12.0. The van der Waals surface area contributed by atoms with Gasteiger partial charge in [-0.1, -0.05) is 0 Å². The van der Waals surface area contributed by atoms with Crippen molar-refractivity contribution >= 4 is 15.9 Å². The van der Waals surface area contributed by atoms with Gasteiger partial charge in [0.1, 0.15) is 5.75 Å². The van der Waals surface area contributed by atoms with Crippen molar-refractivity contribution in [2.24, 2.45) is 0 Å². The molecule has 0 saturated heterocycles. The van der Waals surface area contributed by atoms with E-state index in [1.54, 1.807) is 43.7 Å². The molecule has 17 heavy (non-hydrogen) atoms. The Morgan fingerprint density at radius 3 is 2.88 bits per heavy atom. The Labute approximate surface area is 107 Å². The second-order valence-corrected chi connectivity index (χ2v) is 4.46. The molecule has 0 radical (unpaired) electrons. The SMILES string of the molecule is C[C@H](O)c1ccnc(Oc2cncc(Br)c2)c1. The van der Waals surface area contributed by atoms with E-state index in [0.717, 1.165) is 10.0 Å². The molecule has 0 spiro atoms. The van der Waals surface area contributed by atoms with Crippen LogP contribution in [0.1, 0.15) is 18.6 Å². The van der Waals surface area contributed by atoms with E-state index in [2.05, 4.69) is 25.9 Å². The molecular weight excluding hydrogens is 284 g/mol. The molecule has 0 aliphatic rings. The van der Waals surface area contributed by atoms with E-state index in [4.69, 9.17) is 4.74 Å². The topological polar surface area (TPSA) is 55.2 Å². The van der Waals surface area contributed by atoms with Gasteiger partial charge >= 0.3 is 0 Å². The van der Waals surface area contributed by atoms with Gasteiger partial charge in [0, 0.05) is 22.9 Å². The number of aromatic nitrogens is 2. The molecule has 2 rings (SSSR count). The fourth-order valence-corrected chi connectivity index (χ4v) is 1.65. The fraction of sp³-hybridized carbons (Fsp3) is 0.167. The number of rotatable bonds is 3. The van der Waals surface area contributed by atoms with Gasteiger partial charge in [0.25, 0.3) is 0 Å². The van der Waals surface area contributed by atoms with Gasteiger partial charge in [0.15, 0.2) is 0 Å². The predicted octanol–water partition coefficient (Wildman–Crippen LogP) is 3.08. The van der Waals surface area contributed by atoms with Gasteiger partial charge in [-0.15, -0.1) is 0 Å². The number of hydrogen-bond donors (Lipinski definition) is 1. The van der Waals surface area contributed by atoms with Crippen LogP contribution in [-0.2, 0) is 0 Å². The van der Waals surface area contributed by atoms with Gasteiger partial charge in [0.2, 0.25) is 5.88 Å². The second kappa shape index (κ2) is 5.25. The highest BCUT2D eigenvalue weighted by atomic mass is 79.9. The minimum atomic E-state index is -0.541. The molecule has 0 aromatic carbocycles. The summed E-state index contributed by atoms with van der Waals surface area (Å²) in [5.41, 5.74) is 0.762. The normalized spacial score (nSPS) is 12.2. The van der Waals surface area contributed by atoms with Crippen molar-refractivity contribution in [3.05, 3.63) is 46.8 Å². The first-order valence-electron chi connectivity index (χ1n) is 5.07. The lowest BCUT2D eigenvalue weighted by atomic mass is 10.2. The Morgan fingerprint density at radius 2 is 2.18 bits per heavy atom. The molecule has 2 aromatic rings. The maximum Gasteiger partial charge on any atom is 0.219 e. The van der Waals surface area contributed by atoms with Crippen LogP contribution >= 0.6 is 15.9 Å². The van der Waals surface area contributed by atoms with Crippen molar-refractivity contribution < 1.29 is 9.84 Å². The van der Waals surface area contributed by atoms with Crippen LogP contribution in [-0.4, -0.2) is 15.1 Å².